The van der Waals surface area contributed by atoms with Gasteiger partial charge in [0.15, 0.2) is 0 Å². The van der Waals surface area contributed by atoms with E-state index in [9.17, 15) is 13.6 Å². The third-order valence-electron chi connectivity index (χ3n) is 4.39. The van der Waals surface area contributed by atoms with E-state index in [-0.39, 0.29) is 17.7 Å². The highest BCUT2D eigenvalue weighted by Crippen LogP contribution is 2.24. The van der Waals surface area contributed by atoms with Crippen LogP contribution < -0.4 is 10.1 Å². The van der Waals surface area contributed by atoms with Crippen molar-refractivity contribution in [3.05, 3.63) is 65.7 Å². The molecule has 0 unspecified atom stereocenters. The summed E-state index contributed by atoms with van der Waals surface area (Å²) in [6.07, 6.45) is 0. The van der Waals surface area contributed by atoms with Gasteiger partial charge in [-0.05, 0) is 23.3 Å². The minimum Gasteiger partial charge on any atom is -0.435 e. The summed E-state index contributed by atoms with van der Waals surface area (Å²) in [6.45, 7) is -0.765. The van der Waals surface area contributed by atoms with Crippen LogP contribution in [0.1, 0.15) is 17.2 Å². The van der Waals surface area contributed by atoms with Gasteiger partial charge < -0.3 is 10.1 Å². The summed E-state index contributed by atoms with van der Waals surface area (Å²) >= 11 is 1.90. The number of carbonyl (C=O) groups is 1. The first-order valence-corrected chi connectivity index (χ1v) is 9.97. The lowest BCUT2D eigenvalue weighted by Crippen LogP contribution is -2.44. The van der Waals surface area contributed by atoms with Crippen molar-refractivity contribution in [2.24, 2.45) is 0 Å². The third kappa shape index (κ3) is 5.68. The number of hydrogen-bond donors (Lipinski definition) is 1. The van der Waals surface area contributed by atoms with Gasteiger partial charge in [-0.2, -0.15) is 20.5 Å². The van der Waals surface area contributed by atoms with Gasteiger partial charge in [-0.3, -0.25) is 9.69 Å². The second-order valence-corrected chi connectivity index (χ2v) is 7.43. The van der Waals surface area contributed by atoms with Crippen molar-refractivity contribution in [1.29, 1.82) is 0 Å². The van der Waals surface area contributed by atoms with E-state index in [4.69, 9.17) is 0 Å². The molecule has 7 heteroatoms. The largest absolute Gasteiger partial charge is 0.435 e. The zero-order valence-electron chi connectivity index (χ0n) is 14.8. The van der Waals surface area contributed by atoms with E-state index >= 15 is 0 Å². The van der Waals surface area contributed by atoms with Crippen LogP contribution in [-0.2, 0) is 11.3 Å². The van der Waals surface area contributed by atoms with Gasteiger partial charge in [0.05, 0.1) is 0 Å². The Morgan fingerprint density at radius 2 is 1.74 bits per heavy atom. The average molecular weight is 392 g/mol. The van der Waals surface area contributed by atoms with E-state index in [1.165, 1.54) is 12.1 Å². The summed E-state index contributed by atoms with van der Waals surface area (Å²) in [7, 11) is 0. The minimum atomic E-state index is -2.84. The Hall–Kier alpha value is -2.12. The number of alkyl halides is 2. The van der Waals surface area contributed by atoms with E-state index in [1.807, 2.05) is 42.1 Å². The maximum absolute atomic E-state index is 12.9. The van der Waals surface area contributed by atoms with Gasteiger partial charge >= 0.3 is 6.61 Å². The Balaban J connectivity index is 1.65. The summed E-state index contributed by atoms with van der Waals surface area (Å²) in [5.41, 5.74) is 1.80. The van der Waals surface area contributed by atoms with E-state index in [2.05, 4.69) is 15.0 Å². The molecule has 0 aromatic heterocycles. The van der Waals surface area contributed by atoms with E-state index in [1.54, 1.807) is 12.1 Å². The summed E-state index contributed by atoms with van der Waals surface area (Å²) in [5.74, 6) is 2.08. The fourth-order valence-electron chi connectivity index (χ4n) is 3.07. The molecule has 0 radical (unpaired) electrons. The number of carbonyl (C=O) groups excluding carboxylic acids is 1. The molecule has 0 aliphatic carbocycles. The van der Waals surface area contributed by atoms with Crippen LogP contribution in [0.3, 0.4) is 0 Å². The molecule has 144 valence electrons. The first-order chi connectivity index (χ1) is 13.1. The monoisotopic (exact) mass is 392 g/mol. The van der Waals surface area contributed by atoms with Gasteiger partial charge in [0.2, 0.25) is 5.91 Å². The van der Waals surface area contributed by atoms with Gasteiger partial charge in [-0.15, -0.1) is 0 Å². The fraction of sp³-hybridized carbons (Fsp3) is 0.350. The first kappa shape index (κ1) is 19.6. The molecule has 2 aromatic rings. The molecule has 1 atom stereocenters. The molecule has 0 bridgehead atoms. The molecule has 1 fully saturated rings. The number of hydrogen-bond acceptors (Lipinski definition) is 4. The normalized spacial score (nSPS) is 16.1. The quantitative estimate of drug-likeness (QED) is 0.780. The summed E-state index contributed by atoms with van der Waals surface area (Å²) in [4.78, 5) is 15.2. The Bertz CT molecular complexity index is 723. The molecule has 1 aliphatic rings. The predicted octanol–water partition coefficient (Wildman–Crippen LogP) is 3.69. The van der Waals surface area contributed by atoms with Gasteiger partial charge in [-0.25, -0.2) is 0 Å². The SMILES string of the molecule is O=C(NCc1ccc(OC(F)F)cc1)[C@H](c1ccccc1)N1CCSCC1. The Morgan fingerprint density at radius 3 is 2.37 bits per heavy atom. The number of amides is 1. The van der Waals surface area contributed by atoms with Crippen molar-refractivity contribution < 1.29 is 18.3 Å². The highest BCUT2D eigenvalue weighted by atomic mass is 32.2. The number of benzene rings is 2. The van der Waals surface area contributed by atoms with Crippen molar-refractivity contribution in [1.82, 2.24) is 10.2 Å². The molecule has 3 rings (SSSR count). The van der Waals surface area contributed by atoms with Crippen LogP contribution in [0.15, 0.2) is 54.6 Å². The number of nitrogens with zero attached hydrogens (tertiary/aromatic N) is 1. The lowest BCUT2D eigenvalue weighted by atomic mass is 10.0. The molecule has 2 aromatic carbocycles. The average Bonchev–Trinajstić information content (AvgIpc) is 2.69. The topological polar surface area (TPSA) is 41.6 Å². The first-order valence-electron chi connectivity index (χ1n) is 8.81. The summed E-state index contributed by atoms with van der Waals surface area (Å²) in [6, 6.07) is 15.7. The second-order valence-electron chi connectivity index (χ2n) is 6.20. The number of nitrogens with one attached hydrogen (secondary N) is 1. The fourth-order valence-corrected chi connectivity index (χ4v) is 4.00. The molecule has 1 heterocycles. The van der Waals surface area contributed by atoms with Gasteiger partial charge in [0.1, 0.15) is 11.8 Å². The van der Waals surface area contributed by atoms with Crippen molar-refractivity contribution >= 4 is 17.7 Å². The Labute approximate surface area is 161 Å². The predicted molar refractivity (Wildman–Crippen MR) is 103 cm³/mol. The second kappa shape index (κ2) is 9.71. The molecule has 1 N–H and O–H groups in total. The lowest BCUT2D eigenvalue weighted by Gasteiger charge is -2.33. The van der Waals surface area contributed by atoms with Crippen molar-refractivity contribution in [2.45, 2.75) is 19.2 Å². The van der Waals surface area contributed by atoms with Crippen LogP contribution in [0.25, 0.3) is 0 Å². The van der Waals surface area contributed by atoms with E-state index in [0.29, 0.717) is 6.54 Å². The van der Waals surface area contributed by atoms with Crippen LogP contribution in [0.4, 0.5) is 8.78 Å². The highest BCUT2D eigenvalue weighted by molar-refractivity contribution is 7.99. The molecule has 1 amide bonds. The zero-order chi connectivity index (χ0) is 19.1. The number of ether oxygens (including phenoxy) is 1. The van der Waals surface area contributed by atoms with Crippen LogP contribution in [0.2, 0.25) is 0 Å². The molecular formula is C20H22F2N2O2S. The number of halogens is 2. The molecule has 27 heavy (non-hydrogen) atoms. The Morgan fingerprint density at radius 1 is 1.07 bits per heavy atom. The summed E-state index contributed by atoms with van der Waals surface area (Å²) in [5, 5.41) is 2.98. The molecule has 0 saturated carbocycles. The minimum absolute atomic E-state index is 0.0546. The molecule has 1 aliphatic heterocycles. The number of thioether (sulfide) groups is 1. The number of rotatable bonds is 7. The van der Waals surface area contributed by atoms with E-state index < -0.39 is 6.61 Å². The van der Waals surface area contributed by atoms with Crippen molar-refractivity contribution in [3.8, 4) is 5.75 Å². The molecule has 0 spiro atoms. The maximum atomic E-state index is 12.9. The maximum Gasteiger partial charge on any atom is 0.387 e. The van der Waals surface area contributed by atoms with Crippen molar-refractivity contribution in [3.63, 3.8) is 0 Å². The molecule has 4 nitrogen and oxygen atoms in total. The van der Waals surface area contributed by atoms with Gasteiger partial charge in [0.25, 0.3) is 0 Å². The van der Waals surface area contributed by atoms with Crippen LogP contribution in [0, 0.1) is 0 Å². The highest BCUT2D eigenvalue weighted by Gasteiger charge is 2.28. The van der Waals surface area contributed by atoms with Crippen molar-refractivity contribution in [2.75, 3.05) is 24.6 Å². The standard InChI is InChI=1S/C20H22F2N2O2S/c21-20(22)26-17-8-6-15(7-9-17)14-23-19(25)18(16-4-2-1-3-5-16)24-10-12-27-13-11-24/h1-9,18,20H,10-14H2,(H,23,25)/t18-/m0/s1. The van der Waals surface area contributed by atoms with Crippen LogP contribution in [-0.4, -0.2) is 42.0 Å². The van der Waals surface area contributed by atoms with Crippen LogP contribution in [0.5, 0.6) is 5.75 Å². The third-order valence-corrected chi connectivity index (χ3v) is 5.33. The Kier molecular flexibility index (Phi) is 7.06. The molecular weight excluding hydrogens is 370 g/mol. The smallest absolute Gasteiger partial charge is 0.387 e. The van der Waals surface area contributed by atoms with Gasteiger partial charge in [-0.1, -0.05) is 42.5 Å². The van der Waals surface area contributed by atoms with Crippen LogP contribution >= 0.6 is 11.8 Å². The van der Waals surface area contributed by atoms with Gasteiger partial charge in [0, 0.05) is 31.1 Å². The lowest BCUT2D eigenvalue weighted by molar-refractivity contribution is -0.126. The molecule has 1 saturated heterocycles. The summed E-state index contributed by atoms with van der Waals surface area (Å²) < 4.78 is 28.8. The van der Waals surface area contributed by atoms with E-state index in [0.717, 1.165) is 35.7 Å². The zero-order valence-corrected chi connectivity index (χ0v) is 15.6.